The number of fused-ring (bicyclic) bond motifs is 2. The van der Waals surface area contributed by atoms with Crippen molar-refractivity contribution in [1.82, 2.24) is 0 Å². The van der Waals surface area contributed by atoms with Crippen LogP contribution in [0.5, 0.6) is 11.5 Å². The van der Waals surface area contributed by atoms with Gasteiger partial charge < -0.3 is 9.47 Å². The van der Waals surface area contributed by atoms with Crippen LogP contribution in [-0.2, 0) is 9.59 Å². The second kappa shape index (κ2) is 8.83. The highest BCUT2D eigenvalue weighted by atomic mass is 35.5. The van der Waals surface area contributed by atoms with Crippen molar-refractivity contribution in [3.63, 3.8) is 0 Å². The molecule has 0 aromatic heterocycles. The van der Waals surface area contributed by atoms with E-state index in [4.69, 9.17) is 21.1 Å². The number of ether oxygens (including phenoxy) is 2. The highest BCUT2D eigenvalue weighted by molar-refractivity contribution is 6.37. The predicted molar refractivity (Wildman–Crippen MR) is 117 cm³/mol. The summed E-state index contributed by atoms with van der Waals surface area (Å²) in [5, 5.41) is 3.02. The second-order valence-electron chi connectivity index (χ2n) is 8.01. The zero-order valence-electron chi connectivity index (χ0n) is 17.1. The first-order chi connectivity index (χ1) is 13.8. The van der Waals surface area contributed by atoms with Crippen molar-refractivity contribution >= 4 is 45.1 Å². The lowest BCUT2D eigenvalue weighted by Gasteiger charge is -2.18. The van der Waals surface area contributed by atoms with Gasteiger partial charge in [-0.1, -0.05) is 75.7 Å². The van der Waals surface area contributed by atoms with E-state index in [9.17, 15) is 9.59 Å². The largest absolute Gasteiger partial charge is 0.425 e. The van der Waals surface area contributed by atoms with Crippen LogP contribution in [0.2, 0.25) is 5.02 Å². The van der Waals surface area contributed by atoms with Gasteiger partial charge >= 0.3 is 11.9 Å². The van der Waals surface area contributed by atoms with Gasteiger partial charge in [-0.2, -0.15) is 0 Å². The lowest BCUT2D eigenvalue weighted by Crippen LogP contribution is -2.13. The number of carbonyl (C=O) groups is 2. The molecule has 0 aliphatic carbocycles. The van der Waals surface area contributed by atoms with Gasteiger partial charge in [0.05, 0.1) is 5.02 Å². The molecule has 152 valence electrons. The SMILES string of the molecule is CC(C)CC(=O)Oc1c2ccccc2c(OC(=O)CC(C)C)c2c(Cl)cccc12. The molecule has 0 atom stereocenters. The molecule has 4 nitrogen and oxygen atoms in total. The molecule has 3 aromatic rings. The number of rotatable bonds is 6. The van der Waals surface area contributed by atoms with Crippen LogP contribution >= 0.6 is 11.6 Å². The van der Waals surface area contributed by atoms with Crippen LogP contribution in [0, 0.1) is 11.8 Å². The third-order valence-electron chi connectivity index (χ3n) is 4.48. The van der Waals surface area contributed by atoms with E-state index in [1.165, 1.54) is 0 Å². The summed E-state index contributed by atoms with van der Waals surface area (Å²) in [6.45, 7) is 7.85. The molecule has 3 rings (SSSR count). The highest BCUT2D eigenvalue weighted by Crippen LogP contribution is 2.45. The molecule has 3 aromatic carbocycles. The molecule has 0 heterocycles. The second-order valence-corrected chi connectivity index (χ2v) is 8.42. The molecule has 0 saturated heterocycles. The van der Waals surface area contributed by atoms with Crippen molar-refractivity contribution in [2.24, 2.45) is 11.8 Å². The van der Waals surface area contributed by atoms with E-state index in [1.807, 2.05) is 58.0 Å². The van der Waals surface area contributed by atoms with Gasteiger partial charge in [0, 0.05) is 34.4 Å². The quantitative estimate of drug-likeness (QED) is 0.261. The van der Waals surface area contributed by atoms with Crippen molar-refractivity contribution in [2.45, 2.75) is 40.5 Å². The van der Waals surface area contributed by atoms with Crippen molar-refractivity contribution in [1.29, 1.82) is 0 Å². The third kappa shape index (κ3) is 4.70. The van der Waals surface area contributed by atoms with E-state index >= 15 is 0 Å². The van der Waals surface area contributed by atoms with E-state index in [0.717, 1.165) is 0 Å². The molecule has 0 N–H and O–H groups in total. The summed E-state index contributed by atoms with van der Waals surface area (Å²) in [5.74, 6) is 0.557. The van der Waals surface area contributed by atoms with E-state index < -0.39 is 0 Å². The summed E-state index contributed by atoms with van der Waals surface area (Å²) >= 11 is 6.51. The molecule has 0 saturated carbocycles. The Labute approximate surface area is 175 Å². The summed E-state index contributed by atoms with van der Waals surface area (Å²) in [7, 11) is 0. The Hall–Kier alpha value is -2.59. The minimum atomic E-state index is -0.323. The predicted octanol–water partition coefficient (Wildman–Crippen LogP) is 6.55. The Morgan fingerprint density at radius 2 is 1.24 bits per heavy atom. The molecule has 29 heavy (non-hydrogen) atoms. The third-order valence-corrected chi connectivity index (χ3v) is 4.80. The summed E-state index contributed by atoms with van der Waals surface area (Å²) in [6.07, 6.45) is 0.604. The number of hydrogen-bond donors (Lipinski definition) is 0. The van der Waals surface area contributed by atoms with Gasteiger partial charge in [0.2, 0.25) is 0 Å². The minimum absolute atomic E-state index is 0.173. The molecular formula is C24H25ClO4. The van der Waals surface area contributed by atoms with Crippen molar-refractivity contribution in [3.05, 3.63) is 47.5 Å². The van der Waals surface area contributed by atoms with Gasteiger partial charge in [0.1, 0.15) is 11.5 Å². The maximum Gasteiger partial charge on any atom is 0.311 e. The van der Waals surface area contributed by atoms with Crippen LogP contribution in [0.4, 0.5) is 0 Å². The molecule has 0 amide bonds. The molecule has 0 unspecified atom stereocenters. The van der Waals surface area contributed by atoms with Gasteiger partial charge in [-0.15, -0.1) is 0 Å². The zero-order valence-corrected chi connectivity index (χ0v) is 17.9. The number of benzene rings is 3. The van der Waals surface area contributed by atoms with Crippen LogP contribution in [-0.4, -0.2) is 11.9 Å². The maximum atomic E-state index is 12.5. The van der Waals surface area contributed by atoms with E-state index in [-0.39, 0.29) is 23.8 Å². The Morgan fingerprint density at radius 3 is 1.79 bits per heavy atom. The first-order valence-corrected chi connectivity index (χ1v) is 10.2. The van der Waals surface area contributed by atoms with Crippen LogP contribution in [0.25, 0.3) is 21.5 Å². The summed E-state index contributed by atoms with van der Waals surface area (Å²) in [6, 6.07) is 12.8. The number of hydrogen-bond acceptors (Lipinski definition) is 4. The highest BCUT2D eigenvalue weighted by Gasteiger charge is 2.22. The Morgan fingerprint density at radius 1 is 0.759 bits per heavy atom. The van der Waals surface area contributed by atoms with Crippen LogP contribution in [0.1, 0.15) is 40.5 Å². The summed E-state index contributed by atoms with van der Waals surface area (Å²) in [5.41, 5.74) is 0. The van der Waals surface area contributed by atoms with Crippen LogP contribution in [0.3, 0.4) is 0 Å². The number of halogens is 1. The van der Waals surface area contributed by atoms with Gasteiger partial charge in [-0.05, 0) is 17.9 Å². The number of carbonyl (C=O) groups excluding carboxylic acids is 2. The summed E-state index contributed by atoms with van der Waals surface area (Å²) < 4.78 is 11.6. The molecule has 0 fully saturated rings. The topological polar surface area (TPSA) is 52.6 Å². The molecular weight excluding hydrogens is 388 g/mol. The van der Waals surface area contributed by atoms with Crippen LogP contribution in [0.15, 0.2) is 42.5 Å². The van der Waals surface area contributed by atoms with E-state index in [1.54, 1.807) is 12.1 Å². The average molecular weight is 413 g/mol. The summed E-state index contributed by atoms with van der Waals surface area (Å²) in [4.78, 5) is 24.9. The van der Waals surface area contributed by atoms with Gasteiger partial charge in [-0.3, -0.25) is 9.59 Å². The van der Waals surface area contributed by atoms with Crippen LogP contribution < -0.4 is 9.47 Å². The van der Waals surface area contributed by atoms with Gasteiger partial charge in [0.15, 0.2) is 0 Å². The molecule has 0 aliphatic heterocycles. The fourth-order valence-corrected chi connectivity index (χ4v) is 3.56. The van der Waals surface area contributed by atoms with E-state index in [0.29, 0.717) is 50.9 Å². The first kappa shape index (κ1) is 21.1. The van der Waals surface area contributed by atoms with Gasteiger partial charge in [0.25, 0.3) is 0 Å². The molecule has 0 aliphatic rings. The van der Waals surface area contributed by atoms with Crippen molar-refractivity contribution < 1.29 is 19.1 Å². The zero-order chi connectivity index (χ0) is 21.1. The Kier molecular flexibility index (Phi) is 6.43. The smallest absolute Gasteiger partial charge is 0.311 e. The molecule has 0 radical (unpaired) electrons. The minimum Gasteiger partial charge on any atom is -0.425 e. The lowest BCUT2D eigenvalue weighted by atomic mass is 10.00. The Balaban J connectivity index is 2.25. The van der Waals surface area contributed by atoms with Gasteiger partial charge in [-0.25, -0.2) is 0 Å². The fraction of sp³-hybridized carbons (Fsp3) is 0.333. The standard InChI is InChI=1S/C24H25ClO4/c1-14(2)12-20(26)28-23-16-8-5-6-9-17(16)24(29-21(27)13-15(3)4)22-18(23)10-7-11-19(22)25/h5-11,14-15H,12-13H2,1-4H3. The Bertz CT molecular complexity index is 1070. The molecule has 0 bridgehead atoms. The average Bonchev–Trinajstić information content (AvgIpc) is 2.63. The first-order valence-electron chi connectivity index (χ1n) is 9.82. The lowest BCUT2D eigenvalue weighted by molar-refractivity contribution is -0.136. The maximum absolute atomic E-state index is 12.5. The fourth-order valence-electron chi connectivity index (χ4n) is 3.30. The molecule has 0 spiro atoms. The van der Waals surface area contributed by atoms with E-state index in [2.05, 4.69) is 0 Å². The van der Waals surface area contributed by atoms with Crippen molar-refractivity contribution in [3.8, 4) is 11.5 Å². The molecule has 5 heteroatoms. The van der Waals surface area contributed by atoms with Crippen molar-refractivity contribution in [2.75, 3.05) is 0 Å². The monoisotopic (exact) mass is 412 g/mol. The normalized spacial score (nSPS) is 11.4. The number of esters is 2.